The maximum Gasteiger partial charge on any atom is 0.223 e. The van der Waals surface area contributed by atoms with Crippen LogP contribution >= 0.6 is 0 Å². The molecule has 0 saturated carbocycles. The smallest absolute Gasteiger partial charge is 0.223 e. The number of aryl methyl sites for hydroxylation is 1. The Morgan fingerprint density at radius 3 is 2.27 bits per heavy atom. The summed E-state index contributed by atoms with van der Waals surface area (Å²) in [5, 5.41) is 14.2. The monoisotopic (exact) mass is 570 g/mol. The molecule has 0 aliphatic rings. The topological polar surface area (TPSA) is 103 Å². The summed E-state index contributed by atoms with van der Waals surface area (Å²) in [5.74, 6) is 1.88. The minimum atomic E-state index is -0.755. The van der Waals surface area contributed by atoms with E-state index < -0.39 is 12.1 Å². The third-order valence-electron chi connectivity index (χ3n) is 7.91. The van der Waals surface area contributed by atoms with Gasteiger partial charge in [-0.1, -0.05) is 64.1 Å². The number of benzene rings is 2. The number of hydrogen-bond acceptors (Lipinski definition) is 6. The lowest BCUT2D eigenvalue weighted by atomic mass is 9.81. The van der Waals surface area contributed by atoms with Crippen molar-refractivity contribution >= 4 is 5.91 Å². The number of amides is 1. The quantitative estimate of drug-likeness (QED) is 0.184. The van der Waals surface area contributed by atoms with E-state index >= 15 is 0 Å². The lowest BCUT2D eigenvalue weighted by Crippen LogP contribution is -2.43. The van der Waals surface area contributed by atoms with Gasteiger partial charge in [0.25, 0.3) is 0 Å². The number of methoxy groups -OCH3 is 2. The molecule has 41 heavy (non-hydrogen) atoms. The summed E-state index contributed by atoms with van der Waals surface area (Å²) in [5.41, 5.74) is 8.98. The van der Waals surface area contributed by atoms with E-state index in [0.717, 1.165) is 37.0 Å². The first-order valence-corrected chi connectivity index (χ1v) is 15.2. The van der Waals surface area contributed by atoms with E-state index in [-0.39, 0.29) is 23.7 Å². The minimum absolute atomic E-state index is 0.00372. The molecule has 0 heterocycles. The average molecular weight is 571 g/mol. The van der Waals surface area contributed by atoms with Crippen molar-refractivity contribution in [3.63, 3.8) is 0 Å². The van der Waals surface area contributed by atoms with Crippen molar-refractivity contribution in [3.05, 3.63) is 59.7 Å². The van der Waals surface area contributed by atoms with Crippen molar-refractivity contribution in [2.24, 2.45) is 29.4 Å². The predicted octanol–water partition coefficient (Wildman–Crippen LogP) is 5.41. The maximum atomic E-state index is 13.0. The predicted molar refractivity (Wildman–Crippen MR) is 166 cm³/mol. The van der Waals surface area contributed by atoms with Crippen LogP contribution in [0.4, 0.5) is 0 Å². The van der Waals surface area contributed by atoms with Gasteiger partial charge in [0.05, 0.1) is 19.8 Å². The molecule has 4 N–H and O–H groups in total. The number of ether oxygens (including phenoxy) is 3. The zero-order valence-electron chi connectivity index (χ0n) is 26.1. The standard InChI is InChI=1S/C34H54N2O5/c1-24(2)28(20-27-15-16-32(40-6)33(21-27)41-19-11-18-39-5)22-30(35)31(37)23-29(25(3)4)34(38)36-17-10-14-26-12-8-7-9-13-26/h7-9,12-13,15-16,21,24-25,28-31,37H,10-11,14,17-20,22-23,35H2,1-6H3,(H,36,38)/t28-,29-,30-,31-/m0/s1. The van der Waals surface area contributed by atoms with Crippen LogP contribution in [0.25, 0.3) is 0 Å². The Bertz CT molecular complexity index is 998. The molecule has 2 aromatic carbocycles. The van der Waals surface area contributed by atoms with Gasteiger partial charge in [0.1, 0.15) is 0 Å². The molecule has 7 nitrogen and oxygen atoms in total. The molecule has 4 atom stereocenters. The van der Waals surface area contributed by atoms with Crippen LogP contribution in [-0.4, -0.2) is 57.1 Å². The first-order valence-electron chi connectivity index (χ1n) is 15.2. The summed E-state index contributed by atoms with van der Waals surface area (Å²) in [4.78, 5) is 13.0. The summed E-state index contributed by atoms with van der Waals surface area (Å²) in [7, 11) is 3.32. The molecule has 2 aromatic rings. The van der Waals surface area contributed by atoms with Crippen molar-refractivity contribution in [2.45, 2.75) is 78.4 Å². The minimum Gasteiger partial charge on any atom is -0.493 e. The molecule has 2 rings (SSSR count). The van der Waals surface area contributed by atoms with Crippen molar-refractivity contribution in [1.29, 1.82) is 0 Å². The molecule has 0 bridgehead atoms. The average Bonchev–Trinajstić information content (AvgIpc) is 2.96. The lowest BCUT2D eigenvalue weighted by Gasteiger charge is -2.30. The normalized spacial score (nSPS) is 14.5. The van der Waals surface area contributed by atoms with Crippen molar-refractivity contribution in [1.82, 2.24) is 5.32 Å². The number of hydrogen-bond donors (Lipinski definition) is 3. The summed E-state index contributed by atoms with van der Waals surface area (Å²) in [6.07, 6.45) is 3.68. The van der Waals surface area contributed by atoms with E-state index in [2.05, 4.69) is 37.4 Å². The Labute approximate surface area is 248 Å². The molecular weight excluding hydrogens is 516 g/mol. The van der Waals surface area contributed by atoms with Gasteiger partial charge in [0.2, 0.25) is 5.91 Å². The molecule has 0 fully saturated rings. The zero-order chi connectivity index (χ0) is 30.2. The summed E-state index contributed by atoms with van der Waals surface area (Å²) >= 11 is 0. The Morgan fingerprint density at radius 2 is 1.63 bits per heavy atom. The fraction of sp³-hybridized carbons (Fsp3) is 0.618. The molecule has 0 saturated heterocycles. The second kappa shape index (κ2) is 18.7. The number of nitrogens with two attached hydrogens (primary N) is 1. The van der Waals surface area contributed by atoms with Crippen LogP contribution in [-0.2, 0) is 22.4 Å². The van der Waals surface area contributed by atoms with E-state index in [0.29, 0.717) is 44.3 Å². The van der Waals surface area contributed by atoms with Gasteiger partial charge in [-0.2, -0.15) is 0 Å². The van der Waals surface area contributed by atoms with E-state index in [1.54, 1.807) is 14.2 Å². The molecule has 0 unspecified atom stereocenters. The highest BCUT2D eigenvalue weighted by molar-refractivity contribution is 5.78. The number of aliphatic hydroxyl groups excluding tert-OH is 1. The highest BCUT2D eigenvalue weighted by Crippen LogP contribution is 2.31. The van der Waals surface area contributed by atoms with Gasteiger partial charge in [-0.3, -0.25) is 4.79 Å². The van der Waals surface area contributed by atoms with Gasteiger partial charge in [-0.15, -0.1) is 0 Å². The Morgan fingerprint density at radius 1 is 0.902 bits per heavy atom. The van der Waals surface area contributed by atoms with Crippen LogP contribution in [0.2, 0.25) is 0 Å². The second-order valence-electron chi connectivity index (χ2n) is 11.8. The largest absolute Gasteiger partial charge is 0.493 e. The van der Waals surface area contributed by atoms with Crippen molar-refractivity contribution in [3.8, 4) is 11.5 Å². The van der Waals surface area contributed by atoms with Gasteiger partial charge in [0, 0.05) is 38.6 Å². The van der Waals surface area contributed by atoms with Gasteiger partial charge >= 0.3 is 0 Å². The molecule has 1 amide bonds. The van der Waals surface area contributed by atoms with Crippen molar-refractivity contribution in [2.75, 3.05) is 34.0 Å². The van der Waals surface area contributed by atoms with E-state index in [4.69, 9.17) is 19.9 Å². The first kappa shape index (κ1) is 34.6. The van der Waals surface area contributed by atoms with Gasteiger partial charge in [-0.05, 0) is 73.1 Å². The maximum absolute atomic E-state index is 13.0. The van der Waals surface area contributed by atoms with Crippen LogP contribution in [0.15, 0.2) is 48.5 Å². The number of aliphatic hydroxyl groups is 1. The van der Waals surface area contributed by atoms with Crippen LogP contribution in [0, 0.1) is 23.7 Å². The molecule has 230 valence electrons. The van der Waals surface area contributed by atoms with Crippen LogP contribution in [0.3, 0.4) is 0 Å². The highest BCUT2D eigenvalue weighted by atomic mass is 16.5. The van der Waals surface area contributed by atoms with E-state index in [1.165, 1.54) is 5.56 Å². The first-order chi connectivity index (χ1) is 19.7. The fourth-order valence-corrected chi connectivity index (χ4v) is 5.14. The summed E-state index contributed by atoms with van der Waals surface area (Å²) < 4.78 is 16.6. The molecule has 7 heteroatoms. The Hall–Kier alpha value is -2.61. The molecule has 0 aliphatic carbocycles. The van der Waals surface area contributed by atoms with Crippen molar-refractivity contribution < 1.29 is 24.1 Å². The molecule has 0 aromatic heterocycles. The molecule has 0 aliphatic heterocycles. The Kier molecular flexibility index (Phi) is 15.8. The number of carbonyl (C=O) groups is 1. The lowest BCUT2D eigenvalue weighted by molar-refractivity contribution is -0.127. The van der Waals surface area contributed by atoms with Gasteiger partial charge < -0.3 is 30.4 Å². The fourth-order valence-electron chi connectivity index (χ4n) is 5.14. The second-order valence-corrected chi connectivity index (χ2v) is 11.8. The number of carbonyl (C=O) groups excluding carboxylic acids is 1. The molecule has 0 radical (unpaired) electrons. The third kappa shape index (κ3) is 12.4. The molecular formula is C34H54N2O5. The van der Waals surface area contributed by atoms with Crippen LogP contribution in [0.1, 0.15) is 64.5 Å². The third-order valence-corrected chi connectivity index (χ3v) is 7.91. The zero-order valence-corrected chi connectivity index (χ0v) is 26.1. The summed E-state index contributed by atoms with van der Waals surface area (Å²) in [6, 6.07) is 15.9. The van der Waals surface area contributed by atoms with Gasteiger partial charge in [-0.25, -0.2) is 0 Å². The van der Waals surface area contributed by atoms with Gasteiger partial charge in [0.15, 0.2) is 11.5 Å². The number of nitrogens with one attached hydrogen (secondary N) is 1. The Balaban J connectivity index is 1.94. The van der Waals surface area contributed by atoms with E-state index in [1.807, 2.05) is 44.2 Å². The number of rotatable bonds is 20. The SMILES string of the molecule is COCCCOc1cc(C[C@@H](C[C@H](N)[C@@H](O)C[C@H](C(=O)NCCCc2ccccc2)C(C)C)C(C)C)ccc1OC. The molecule has 0 spiro atoms. The van der Waals surface area contributed by atoms with Crippen LogP contribution in [0.5, 0.6) is 11.5 Å². The van der Waals surface area contributed by atoms with E-state index in [9.17, 15) is 9.90 Å². The highest BCUT2D eigenvalue weighted by Gasteiger charge is 2.29. The van der Waals surface area contributed by atoms with Crippen LogP contribution < -0.4 is 20.5 Å². The summed E-state index contributed by atoms with van der Waals surface area (Å²) in [6.45, 7) is 10.3.